The summed E-state index contributed by atoms with van der Waals surface area (Å²) in [6.45, 7) is 3.45. The SMILES string of the molecule is Cc1cc(C)cc(C(=O)NCC(=O)Nc2cccc(O)c2F)c1. The Labute approximate surface area is 133 Å². The van der Waals surface area contributed by atoms with E-state index in [2.05, 4.69) is 10.6 Å². The first kappa shape index (κ1) is 16.5. The molecule has 0 saturated carbocycles. The first-order valence-electron chi connectivity index (χ1n) is 7.00. The highest BCUT2D eigenvalue weighted by atomic mass is 19.1. The fourth-order valence-corrected chi connectivity index (χ4v) is 2.18. The van der Waals surface area contributed by atoms with Crippen molar-refractivity contribution in [3.05, 3.63) is 58.9 Å². The molecule has 0 atom stereocenters. The molecule has 0 radical (unpaired) electrons. The van der Waals surface area contributed by atoms with Gasteiger partial charge >= 0.3 is 0 Å². The first-order chi connectivity index (χ1) is 10.9. The molecule has 0 spiro atoms. The summed E-state index contributed by atoms with van der Waals surface area (Å²) >= 11 is 0. The summed E-state index contributed by atoms with van der Waals surface area (Å²) in [4.78, 5) is 23.8. The van der Waals surface area contributed by atoms with Crippen molar-refractivity contribution in [3.63, 3.8) is 0 Å². The Morgan fingerprint density at radius 2 is 1.78 bits per heavy atom. The van der Waals surface area contributed by atoms with Crippen molar-refractivity contribution in [2.45, 2.75) is 13.8 Å². The molecule has 0 aliphatic carbocycles. The lowest BCUT2D eigenvalue weighted by molar-refractivity contribution is -0.115. The molecule has 2 rings (SSSR count). The highest BCUT2D eigenvalue weighted by Crippen LogP contribution is 2.22. The minimum Gasteiger partial charge on any atom is -0.505 e. The summed E-state index contributed by atoms with van der Waals surface area (Å²) in [7, 11) is 0. The Balaban J connectivity index is 1.96. The van der Waals surface area contributed by atoms with Crippen LogP contribution in [0, 0.1) is 19.7 Å². The number of phenols is 1. The first-order valence-corrected chi connectivity index (χ1v) is 7.00. The maximum atomic E-state index is 13.6. The second kappa shape index (κ2) is 6.91. The predicted octanol–water partition coefficient (Wildman–Crippen LogP) is 2.52. The summed E-state index contributed by atoms with van der Waals surface area (Å²) in [6.07, 6.45) is 0. The lowest BCUT2D eigenvalue weighted by atomic mass is 10.1. The summed E-state index contributed by atoms with van der Waals surface area (Å²) in [5, 5.41) is 14.0. The Bertz CT molecular complexity index is 739. The number of rotatable bonds is 4. The van der Waals surface area contributed by atoms with Gasteiger partial charge in [0, 0.05) is 5.56 Å². The maximum absolute atomic E-state index is 13.6. The van der Waals surface area contributed by atoms with Gasteiger partial charge in [0.25, 0.3) is 5.91 Å². The fourth-order valence-electron chi connectivity index (χ4n) is 2.18. The monoisotopic (exact) mass is 316 g/mol. The Morgan fingerprint density at radius 3 is 2.43 bits per heavy atom. The van der Waals surface area contributed by atoms with E-state index in [1.165, 1.54) is 18.2 Å². The van der Waals surface area contributed by atoms with Gasteiger partial charge in [-0.25, -0.2) is 4.39 Å². The van der Waals surface area contributed by atoms with Crippen LogP contribution in [-0.4, -0.2) is 23.5 Å². The van der Waals surface area contributed by atoms with E-state index in [4.69, 9.17) is 0 Å². The van der Waals surface area contributed by atoms with Gasteiger partial charge in [-0.3, -0.25) is 9.59 Å². The van der Waals surface area contributed by atoms with E-state index in [9.17, 15) is 19.1 Å². The normalized spacial score (nSPS) is 10.2. The third-order valence-corrected chi connectivity index (χ3v) is 3.15. The molecule has 0 aliphatic rings. The van der Waals surface area contributed by atoms with Crippen LogP contribution < -0.4 is 10.6 Å². The lowest BCUT2D eigenvalue weighted by Gasteiger charge is -2.09. The average Bonchev–Trinajstić information content (AvgIpc) is 2.48. The molecule has 0 saturated heterocycles. The zero-order valence-corrected chi connectivity index (χ0v) is 12.8. The maximum Gasteiger partial charge on any atom is 0.251 e. The Morgan fingerprint density at radius 1 is 1.13 bits per heavy atom. The topological polar surface area (TPSA) is 78.4 Å². The van der Waals surface area contributed by atoms with Crippen molar-refractivity contribution in [1.82, 2.24) is 5.32 Å². The number of halogens is 1. The molecule has 2 aromatic rings. The summed E-state index contributed by atoms with van der Waals surface area (Å²) in [5.74, 6) is -2.45. The van der Waals surface area contributed by atoms with Crippen molar-refractivity contribution in [2.75, 3.05) is 11.9 Å². The summed E-state index contributed by atoms with van der Waals surface area (Å²) < 4.78 is 13.6. The van der Waals surface area contributed by atoms with Crippen LogP contribution in [0.5, 0.6) is 5.75 Å². The van der Waals surface area contributed by atoms with Gasteiger partial charge in [-0.1, -0.05) is 23.3 Å². The van der Waals surface area contributed by atoms with Crippen LogP contribution in [0.2, 0.25) is 0 Å². The largest absolute Gasteiger partial charge is 0.505 e. The van der Waals surface area contributed by atoms with Crippen molar-refractivity contribution in [1.29, 1.82) is 0 Å². The second-order valence-corrected chi connectivity index (χ2v) is 5.25. The molecule has 2 aromatic carbocycles. The second-order valence-electron chi connectivity index (χ2n) is 5.25. The van der Waals surface area contributed by atoms with Crippen molar-refractivity contribution in [2.24, 2.45) is 0 Å². The predicted molar refractivity (Wildman–Crippen MR) is 84.9 cm³/mol. The number of hydrogen-bond donors (Lipinski definition) is 3. The number of carbonyl (C=O) groups is 2. The number of hydrogen-bond acceptors (Lipinski definition) is 3. The molecule has 0 fully saturated rings. The minimum atomic E-state index is -0.915. The molecule has 0 unspecified atom stereocenters. The Hall–Kier alpha value is -2.89. The van der Waals surface area contributed by atoms with Gasteiger partial charge in [-0.05, 0) is 38.1 Å². The number of nitrogens with one attached hydrogen (secondary N) is 2. The fraction of sp³-hybridized carbons (Fsp3) is 0.176. The van der Waals surface area contributed by atoms with E-state index >= 15 is 0 Å². The molecule has 23 heavy (non-hydrogen) atoms. The average molecular weight is 316 g/mol. The number of carbonyl (C=O) groups excluding carboxylic acids is 2. The van der Waals surface area contributed by atoms with E-state index < -0.39 is 17.5 Å². The molecule has 0 heterocycles. The minimum absolute atomic E-state index is 0.143. The number of phenolic OH excluding ortho intramolecular Hbond substituents is 1. The smallest absolute Gasteiger partial charge is 0.251 e. The number of benzene rings is 2. The van der Waals surface area contributed by atoms with Gasteiger partial charge < -0.3 is 15.7 Å². The van der Waals surface area contributed by atoms with Crippen molar-refractivity contribution < 1.29 is 19.1 Å². The highest BCUT2D eigenvalue weighted by Gasteiger charge is 2.12. The molecule has 0 bridgehead atoms. The number of anilines is 1. The van der Waals surface area contributed by atoms with Gasteiger partial charge in [0.2, 0.25) is 5.91 Å². The third-order valence-electron chi connectivity index (χ3n) is 3.15. The van der Waals surface area contributed by atoms with Crippen molar-refractivity contribution >= 4 is 17.5 Å². The zero-order valence-electron chi connectivity index (χ0n) is 12.8. The standard InChI is InChI=1S/C17H17FN2O3/c1-10-6-11(2)8-12(7-10)17(23)19-9-15(22)20-13-4-3-5-14(21)16(13)18/h3-8,21H,9H2,1-2H3,(H,19,23)(H,20,22). The van der Waals surface area contributed by atoms with E-state index in [1.54, 1.807) is 12.1 Å². The van der Waals surface area contributed by atoms with E-state index in [0.29, 0.717) is 5.56 Å². The summed E-state index contributed by atoms with van der Waals surface area (Å²) in [5.41, 5.74) is 2.21. The molecule has 2 amide bonds. The van der Waals surface area contributed by atoms with E-state index in [-0.39, 0.29) is 18.1 Å². The molecule has 0 aliphatic heterocycles. The van der Waals surface area contributed by atoms with Crippen LogP contribution in [0.25, 0.3) is 0 Å². The highest BCUT2D eigenvalue weighted by molar-refractivity contribution is 5.99. The van der Waals surface area contributed by atoms with Crippen molar-refractivity contribution in [3.8, 4) is 5.75 Å². The Kier molecular flexibility index (Phi) is 4.95. The van der Waals surface area contributed by atoms with Crippen LogP contribution in [0.3, 0.4) is 0 Å². The van der Waals surface area contributed by atoms with Crippen LogP contribution in [0.1, 0.15) is 21.5 Å². The van der Waals surface area contributed by atoms with Crippen LogP contribution in [0.15, 0.2) is 36.4 Å². The molecule has 120 valence electrons. The van der Waals surface area contributed by atoms with Crippen LogP contribution >= 0.6 is 0 Å². The van der Waals surface area contributed by atoms with Gasteiger partial charge in [0.15, 0.2) is 11.6 Å². The molecule has 3 N–H and O–H groups in total. The molecule has 5 nitrogen and oxygen atoms in total. The van der Waals surface area contributed by atoms with Gasteiger partial charge in [0.05, 0.1) is 12.2 Å². The van der Waals surface area contributed by atoms with E-state index in [1.807, 2.05) is 19.9 Å². The third kappa shape index (κ3) is 4.29. The zero-order chi connectivity index (χ0) is 17.0. The molecule has 6 heteroatoms. The quantitative estimate of drug-likeness (QED) is 0.811. The van der Waals surface area contributed by atoms with E-state index in [0.717, 1.165) is 11.1 Å². The van der Waals surface area contributed by atoms with Gasteiger partial charge in [-0.2, -0.15) is 0 Å². The van der Waals surface area contributed by atoms with Gasteiger partial charge in [-0.15, -0.1) is 0 Å². The summed E-state index contributed by atoms with van der Waals surface area (Å²) in [6, 6.07) is 9.27. The van der Waals surface area contributed by atoms with Crippen LogP contribution in [0.4, 0.5) is 10.1 Å². The van der Waals surface area contributed by atoms with Crippen LogP contribution in [-0.2, 0) is 4.79 Å². The molecular formula is C17H17FN2O3. The lowest BCUT2D eigenvalue weighted by Crippen LogP contribution is -2.33. The number of aryl methyl sites for hydroxylation is 2. The number of aromatic hydroxyl groups is 1. The molecular weight excluding hydrogens is 299 g/mol. The van der Waals surface area contributed by atoms with Gasteiger partial charge in [0.1, 0.15) is 0 Å². The number of amides is 2. The molecule has 0 aromatic heterocycles.